The van der Waals surface area contributed by atoms with Gasteiger partial charge in [0.2, 0.25) is 0 Å². The van der Waals surface area contributed by atoms with Gasteiger partial charge in [0.05, 0.1) is 11.8 Å². The van der Waals surface area contributed by atoms with Crippen molar-refractivity contribution >= 4 is 27.1 Å². The van der Waals surface area contributed by atoms with E-state index in [0.717, 1.165) is 55.7 Å². The van der Waals surface area contributed by atoms with Gasteiger partial charge in [-0.05, 0) is 74.3 Å². The minimum Gasteiger partial charge on any atom is -0.463 e. The minimum absolute atomic E-state index is 0.777. The number of hydrogen-bond acceptors (Lipinski definition) is 2. The summed E-state index contributed by atoms with van der Waals surface area (Å²) in [7, 11) is 0. The number of nitrogens with zero attached hydrogens (tertiary/aromatic N) is 2. The molecule has 0 saturated heterocycles. The van der Waals surface area contributed by atoms with Gasteiger partial charge in [-0.25, -0.2) is 4.52 Å². The third-order valence-electron chi connectivity index (χ3n) is 8.89. The van der Waals surface area contributed by atoms with Crippen molar-refractivity contribution < 1.29 is 4.42 Å². The molecule has 3 nitrogen and oxygen atoms in total. The van der Waals surface area contributed by atoms with E-state index in [9.17, 15) is 0 Å². The summed E-state index contributed by atoms with van der Waals surface area (Å²) in [6.45, 7) is 0. The number of benzene rings is 6. The maximum atomic E-state index is 5.97. The van der Waals surface area contributed by atoms with E-state index in [1.165, 1.54) is 27.5 Å². The molecule has 3 heteroatoms. The lowest BCUT2D eigenvalue weighted by molar-refractivity contribution is 0.578. The van der Waals surface area contributed by atoms with Crippen molar-refractivity contribution in [3.8, 4) is 56.1 Å². The number of furan rings is 1. The van der Waals surface area contributed by atoms with Crippen LogP contribution in [0.25, 0.3) is 83.2 Å². The van der Waals surface area contributed by atoms with Crippen LogP contribution >= 0.6 is 0 Å². The van der Waals surface area contributed by atoms with Crippen LogP contribution in [0.4, 0.5) is 0 Å². The third-order valence-corrected chi connectivity index (χ3v) is 8.89. The Morgan fingerprint density at radius 3 is 1.96 bits per heavy atom. The number of aromatic nitrogens is 2. The zero-order valence-corrected chi connectivity index (χ0v) is 25.0. The molecule has 0 amide bonds. The van der Waals surface area contributed by atoms with E-state index < -0.39 is 0 Å². The summed E-state index contributed by atoms with van der Waals surface area (Å²) in [6, 6.07) is 57.9. The van der Waals surface area contributed by atoms with Crippen LogP contribution in [-0.2, 0) is 0 Å². The summed E-state index contributed by atoms with van der Waals surface area (Å²) in [4.78, 5) is 0. The average Bonchev–Trinajstić information content (AvgIpc) is 3.81. The summed E-state index contributed by atoms with van der Waals surface area (Å²) in [5.74, 6) is 0.777. The van der Waals surface area contributed by atoms with Crippen LogP contribution < -0.4 is 0 Å². The molecule has 0 spiro atoms. The van der Waals surface area contributed by atoms with Gasteiger partial charge in [-0.1, -0.05) is 133 Å². The van der Waals surface area contributed by atoms with E-state index in [4.69, 9.17) is 9.52 Å². The van der Waals surface area contributed by atoms with Crippen molar-refractivity contribution in [2.45, 2.75) is 0 Å². The second kappa shape index (κ2) is 10.8. The maximum absolute atomic E-state index is 5.97. The molecule has 3 aromatic heterocycles. The predicted octanol–water partition coefficient (Wildman–Crippen LogP) is 11.6. The zero-order valence-electron chi connectivity index (χ0n) is 25.0. The van der Waals surface area contributed by atoms with E-state index in [1.54, 1.807) is 6.26 Å². The highest BCUT2D eigenvalue weighted by atomic mass is 16.3. The fourth-order valence-corrected chi connectivity index (χ4v) is 6.76. The van der Waals surface area contributed by atoms with E-state index in [2.05, 4.69) is 156 Å². The van der Waals surface area contributed by atoms with Gasteiger partial charge in [-0.3, -0.25) is 0 Å². The largest absolute Gasteiger partial charge is 0.463 e. The van der Waals surface area contributed by atoms with Crippen LogP contribution in [0.5, 0.6) is 0 Å². The number of hydrogen-bond donors (Lipinski definition) is 0. The van der Waals surface area contributed by atoms with Crippen LogP contribution in [-0.4, -0.2) is 9.61 Å². The smallest absolute Gasteiger partial charge is 0.152 e. The van der Waals surface area contributed by atoms with Crippen molar-refractivity contribution in [1.82, 2.24) is 9.61 Å². The molecule has 0 unspecified atom stereocenters. The molecule has 46 heavy (non-hydrogen) atoms. The number of fused-ring (bicyclic) bond motifs is 4. The lowest BCUT2D eigenvalue weighted by atomic mass is 9.92. The van der Waals surface area contributed by atoms with Gasteiger partial charge < -0.3 is 4.42 Å². The van der Waals surface area contributed by atoms with Crippen molar-refractivity contribution in [2.75, 3.05) is 0 Å². The third kappa shape index (κ3) is 4.33. The molecular formula is C43H28N2O. The molecule has 0 N–H and O–H groups in total. The highest BCUT2D eigenvalue weighted by Crippen LogP contribution is 2.43. The maximum Gasteiger partial charge on any atom is 0.152 e. The van der Waals surface area contributed by atoms with Crippen molar-refractivity contribution in [1.29, 1.82) is 0 Å². The summed E-state index contributed by atoms with van der Waals surface area (Å²) >= 11 is 0. The lowest BCUT2D eigenvalue weighted by Gasteiger charge is -2.12. The Hall–Kier alpha value is -6.19. The predicted molar refractivity (Wildman–Crippen MR) is 190 cm³/mol. The molecule has 0 bridgehead atoms. The van der Waals surface area contributed by atoms with E-state index in [0.29, 0.717) is 0 Å². The first-order valence-corrected chi connectivity index (χ1v) is 15.5. The molecule has 0 aliphatic rings. The van der Waals surface area contributed by atoms with Gasteiger partial charge in [-0.2, -0.15) is 5.10 Å². The van der Waals surface area contributed by atoms with Crippen LogP contribution in [0.15, 0.2) is 174 Å². The van der Waals surface area contributed by atoms with E-state index >= 15 is 0 Å². The van der Waals surface area contributed by atoms with Gasteiger partial charge in [0.1, 0.15) is 11.4 Å². The molecule has 216 valence electrons. The summed E-state index contributed by atoms with van der Waals surface area (Å²) in [6.07, 6.45) is 1.72. The first-order chi connectivity index (χ1) is 22.8. The molecule has 3 heterocycles. The SMILES string of the molecule is c1ccc(-c2cccc(-c3nn4c(-c5ccco5)cc5ccccc5c4c3-c3cccc(-c4cccc5ccccc45)c3)c2)cc1. The highest BCUT2D eigenvalue weighted by molar-refractivity contribution is 6.09. The molecule has 0 radical (unpaired) electrons. The fraction of sp³-hybridized carbons (Fsp3) is 0. The average molecular weight is 589 g/mol. The number of pyridine rings is 1. The Balaban J connectivity index is 1.37. The monoisotopic (exact) mass is 588 g/mol. The van der Waals surface area contributed by atoms with Gasteiger partial charge >= 0.3 is 0 Å². The van der Waals surface area contributed by atoms with E-state index in [-0.39, 0.29) is 0 Å². The summed E-state index contributed by atoms with van der Waals surface area (Å²) in [5.41, 5.74) is 10.9. The molecule has 0 atom stereocenters. The van der Waals surface area contributed by atoms with Crippen LogP contribution in [0.1, 0.15) is 0 Å². The Bertz CT molecular complexity index is 2520. The first-order valence-electron chi connectivity index (χ1n) is 15.5. The number of rotatable bonds is 5. The Morgan fingerprint density at radius 1 is 0.457 bits per heavy atom. The molecule has 0 saturated carbocycles. The second-order valence-corrected chi connectivity index (χ2v) is 11.6. The van der Waals surface area contributed by atoms with Crippen molar-refractivity contribution in [3.05, 3.63) is 170 Å². The van der Waals surface area contributed by atoms with Gasteiger partial charge in [0, 0.05) is 16.5 Å². The molecule has 0 aliphatic carbocycles. The van der Waals surface area contributed by atoms with E-state index in [1.807, 2.05) is 12.1 Å². The Morgan fingerprint density at radius 2 is 1.11 bits per heavy atom. The Labute approximate surface area is 266 Å². The highest BCUT2D eigenvalue weighted by Gasteiger charge is 2.23. The van der Waals surface area contributed by atoms with Crippen LogP contribution in [0.3, 0.4) is 0 Å². The summed E-state index contributed by atoms with van der Waals surface area (Å²) < 4.78 is 8.05. The quantitative estimate of drug-likeness (QED) is 0.200. The van der Waals surface area contributed by atoms with Crippen molar-refractivity contribution in [2.24, 2.45) is 0 Å². The van der Waals surface area contributed by atoms with Gasteiger partial charge in [0.25, 0.3) is 0 Å². The summed E-state index contributed by atoms with van der Waals surface area (Å²) in [5, 5.41) is 10.2. The molecule has 9 aromatic rings. The minimum atomic E-state index is 0.777. The van der Waals surface area contributed by atoms with Crippen LogP contribution in [0.2, 0.25) is 0 Å². The normalized spacial score (nSPS) is 11.5. The van der Waals surface area contributed by atoms with Crippen molar-refractivity contribution in [3.63, 3.8) is 0 Å². The molecule has 9 rings (SSSR count). The molecular weight excluding hydrogens is 560 g/mol. The standard InChI is InChI=1S/C43H28N2O/c1-2-12-29(13-3-1)31-17-8-20-35(26-31)42-41(34-19-9-18-32(27-34)37-23-10-16-30-14-4-6-21-36(30)37)43-38-22-7-5-15-33(38)28-39(45(43)44-42)40-24-11-25-46-40/h1-28H. The van der Waals surface area contributed by atoms with Gasteiger partial charge in [-0.15, -0.1) is 0 Å². The topological polar surface area (TPSA) is 30.4 Å². The first kappa shape index (κ1) is 26.2. The lowest BCUT2D eigenvalue weighted by Crippen LogP contribution is -1.95. The fourth-order valence-electron chi connectivity index (χ4n) is 6.76. The van der Waals surface area contributed by atoms with Gasteiger partial charge in [0.15, 0.2) is 5.76 Å². The van der Waals surface area contributed by atoms with Crippen LogP contribution in [0, 0.1) is 0 Å². The zero-order chi connectivity index (χ0) is 30.5. The Kier molecular flexibility index (Phi) is 6.14. The molecule has 0 aliphatic heterocycles. The molecule has 0 fully saturated rings. The molecule has 6 aromatic carbocycles. The second-order valence-electron chi connectivity index (χ2n) is 11.6.